The minimum Gasteiger partial charge on any atom is -0.329 e. The Labute approximate surface area is 71.7 Å². The molecule has 76 valence electrons. The van der Waals surface area contributed by atoms with Crippen molar-refractivity contribution in [2.24, 2.45) is 11.5 Å². The fourth-order valence-corrected chi connectivity index (χ4v) is 0.329. The Hall–Kier alpha value is -0.250. The topological polar surface area (TPSA) is 139 Å². The van der Waals surface area contributed by atoms with Crippen molar-refractivity contribution in [2.45, 2.75) is 0 Å². The van der Waals surface area contributed by atoms with Crippen LogP contribution < -0.4 is 16.8 Å². The zero-order valence-corrected chi connectivity index (χ0v) is 7.42. The summed E-state index contributed by atoms with van der Waals surface area (Å²) in [5.41, 5.74) is 10.3. The van der Waals surface area contributed by atoms with E-state index in [4.69, 9.17) is 29.0 Å². The summed E-state index contributed by atoms with van der Waals surface area (Å²) in [7, 11) is -4.67. The molecule has 0 saturated carbocycles. The summed E-state index contributed by atoms with van der Waals surface area (Å²) in [6.07, 6.45) is 0. The highest BCUT2D eigenvalue weighted by Crippen LogP contribution is 1.59. The maximum absolute atomic E-state index is 8.74. The van der Waals surface area contributed by atoms with Crippen LogP contribution in [0.2, 0.25) is 0 Å². The molecule has 0 heterocycles. The predicted octanol–water partition coefficient (Wildman–Crippen LogP) is -2.16. The molecule has 8 heteroatoms. The second kappa shape index (κ2) is 8.84. The van der Waals surface area contributed by atoms with Crippen molar-refractivity contribution in [3.8, 4) is 0 Å². The molecule has 0 rings (SSSR count). The summed E-state index contributed by atoms with van der Waals surface area (Å²) in [4.78, 5) is 0. The van der Waals surface area contributed by atoms with E-state index in [2.05, 4.69) is 5.32 Å². The van der Waals surface area contributed by atoms with E-state index in [1.54, 1.807) is 0 Å². The zero-order valence-electron chi connectivity index (χ0n) is 6.60. The normalized spacial score (nSPS) is 10.3. The molecule has 7 nitrogen and oxygen atoms in total. The molecule has 0 atom stereocenters. The van der Waals surface area contributed by atoms with Crippen LogP contribution in [0, 0.1) is 0 Å². The molecular weight excluding hydrogens is 186 g/mol. The zero-order chi connectivity index (χ0) is 10.0. The molecule has 0 aliphatic heterocycles. The molecule has 0 unspecified atom stereocenters. The second-order valence-electron chi connectivity index (χ2n) is 1.78. The van der Waals surface area contributed by atoms with Gasteiger partial charge in [0, 0.05) is 26.2 Å². The molecule has 7 N–H and O–H groups in total. The summed E-state index contributed by atoms with van der Waals surface area (Å²) in [6, 6.07) is 0. The van der Waals surface area contributed by atoms with Crippen molar-refractivity contribution in [1.82, 2.24) is 5.32 Å². The van der Waals surface area contributed by atoms with Gasteiger partial charge in [0.05, 0.1) is 0 Å². The van der Waals surface area contributed by atoms with Gasteiger partial charge in [-0.2, -0.15) is 8.42 Å². The van der Waals surface area contributed by atoms with Crippen molar-refractivity contribution < 1.29 is 17.5 Å². The van der Waals surface area contributed by atoms with Crippen LogP contribution in [0.4, 0.5) is 0 Å². The third-order valence-electron chi connectivity index (χ3n) is 0.642. The number of hydrogen-bond donors (Lipinski definition) is 5. The van der Waals surface area contributed by atoms with Gasteiger partial charge in [-0.3, -0.25) is 9.11 Å². The van der Waals surface area contributed by atoms with Crippen LogP contribution in [0.1, 0.15) is 0 Å². The van der Waals surface area contributed by atoms with Gasteiger partial charge in [-0.15, -0.1) is 0 Å². The van der Waals surface area contributed by atoms with E-state index in [0.717, 1.165) is 13.1 Å². The molecule has 0 amide bonds. The molecule has 0 aromatic heterocycles. The van der Waals surface area contributed by atoms with Gasteiger partial charge in [0.25, 0.3) is 0 Å². The average Bonchev–Trinajstić information content (AvgIpc) is 1.85. The maximum atomic E-state index is 8.74. The Morgan fingerprint density at radius 2 is 1.33 bits per heavy atom. The summed E-state index contributed by atoms with van der Waals surface area (Å²) >= 11 is 0. The number of nitrogens with two attached hydrogens (primary N) is 2. The minimum atomic E-state index is -4.67. The fourth-order valence-electron chi connectivity index (χ4n) is 0.329. The van der Waals surface area contributed by atoms with Crippen LogP contribution >= 0.6 is 0 Å². The van der Waals surface area contributed by atoms with Crippen LogP contribution in [-0.4, -0.2) is 43.7 Å². The second-order valence-corrected chi connectivity index (χ2v) is 2.67. The first-order valence-corrected chi connectivity index (χ1v) is 4.62. The van der Waals surface area contributed by atoms with Crippen molar-refractivity contribution >= 4 is 10.4 Å². The smallest absolute Gasteiger partial charge is 0.329 e. The first kappa shape index (κ1) is 14.3. The Kier molecular flexibility index (Phi) is 10.5. The molecule has 0 aliphatic rings. The van der Waals surface area contributed by atoms with E-state index in [0.29, 0.717) is 13.1 Å². The van der Waals surface area contributed by atoms with Crippen molar-refractivity contribution in [3.63, 3.8) is 0 Å². The highest BCUT2D eigenvalue weighted by molar-refractivity contribution is 7.79. The molecule has 0 aromatic carbocycles. The van der Waals surface area contributed by atoms with Crippen molar-refractivity contribution in [3.05, 3.63) is 0 Å². The van der Waals surface area contributed by atoms with Crippen LogP contribution in [0.5, 0.6) is 0 Å². The average molecular weight is 201 g/mol. The molecule has 0 spiro atoms. The van der Waals surface area contributed by atoms with Gasteiger partial charge < -0.3 is 16.8 Å². The van der Waals surface area contributed by atoms with Gasteiger partial charge in [0.2, 0.25) is 0 Å². The molecule has 0 fully saturated rings. The van der Waals surface area contributed by atoms with E-state index in [1.807, 2.05) is 0 Å². The Morgan fingerprint density at radius 1 is 1.08 bits per heavy atom. The lowest BCUT2D eigenvalue weighted by molar-refractivity contribution is 0.381. The molecule has 0 saturated heterocycles. The number of nitrogens with one attached hydrogen (secondary N) is 1. The molecule has 0 aliphatic carbocycles. The molecule has 0 aromatic rings. The highest BCUT2D eigenvalue weighted by atomic mass is 32.3. The van der Waals surface area contributed by atoms with E-state index < -0.39 is 10.4 Å². The van der Waals surface area contributed by atoms with Gasteiger partial charge in [-0.1, -0.05) is 0 Å². The van der Waals surface area contributed by atoms with Gasteiger partial charge in [-0.25, -0.2) is 0 Å². The molecule has 12 heavy (non-hydrogen) atoms. The summed E-state index contributed by atoms with van der Waals surface area (Å²) in [5.74, 6) is 0. The largest absolute Gasteiger partial charge is 0.394 e. The highest BCUT2D eigenvalue weighted by Gasteiger charge is 1.84. The third kappa shape index (κ3) is 53.1. The van der Waals surface area contributed by atoms with Gasteiger partial charge in [0.1, 0.15) is 0 Å². The van der Waals surface area contributed by atoms with Crippen LogP contribution in [0.25, 0.3) is 0 Å². The third-order valence-corrected chi connectivity index (χ3v) is 0.642. The predicted molar refractivity (Wildman–Crippen MR) is 45.2 cm³/mol. The van der Waals surface area contributed by atoms with Gasteiger partial charge in [-0.05, 0) is 0 Å². The SMILES string of the molecule is NCCNCCN.O=S(=O)(O)O. The van der Waals surface area contributed by atoms with Gasteiger partial charge >= 0.3 is 10.4 Å². The number of hydrogen-bond acceptors (Lipinski definition) is 5. The monoisotopic (exact) mass is 201 g/mol. The number of rotatable bonds is 4. The summed E-state index contributed by atoms with van der Waals surface area (Å²) < 4.78 is 31.6. The minimum absolute atomic E-state index is 0.694. The molecular formula is C4H15N3O4S. The first-order valence-electron chi connectivity index (χ1n) is 3.22. The van der Waals surface area contributed by atoms with E-state index in [9.17, 15) is 0 Å². The van der Waals surface area contributed by atoms with Crippen LogP contribution in [0.15, 0.2) is 0 Å². The Bertz CT molecular complexity index is 157. The lowest BCUT2D eigenvalue weighted by Gasteiger charge is -1.95. The molecule has 0 radical (unpaired) electrons. The lowest BCUT2D eigenvalue weighted by atomic mass is 10.6. The van der Waals surface area contributed by atoms with E-state index in [-0.39, 0.29) is 0 Å². The van der Waals surface area contributed by atoms with Crippen LogP contribution in [-0.2, 0) is 10.4 Å². The van der Waals surface area contributed by atoms with E-state index >= 15 is 0 Å². The maximum Gasteiger partial charge on any atom is 0.394 e. The lowest BCUT2D eigenvalue weighted by Crippen LogP contribution is -2.27. The van der Waals surface area contributed by atoms with Gasteiger partial charge in [0.15, 0.2) is 0 Å². The fraction of sp³-hybridized carbons (Fsp3) is 1.00. The van der Waals surface area contributed by atoms with Crippen LogP contribution in [0.3, 0.4) is 0 Å². The summed E-state index contributed by atoms with van der Waals surface area (Å²) in [6.45, 7) is 3.13. The van der Waals surface area contributed by atoms with Crippen molar-refractivity contribution in [2.75, 3.05) is 26.2 Å². The quantitative estimate of drug-likeness (QED) is 0.258. The first-order chi connectivity index (χ1) is 5.41. The van der Waals surface area contributed by atoms with E-state index in [1.165, 1.54) is 0 Å². The Balaban J connectivity index is 0. The molecule has 0 bridgehead atoms. The van der Waals surface area contributed by atoms with Crippen molar-refractivity contribution in [1.29, 1.82) is 0 Å². The standard InChI is InChI=1S/C4H13N3.H2O4S/c5-1-3-7-4-2-6;1-5(2,3)4/h7H,1-6H2;(H2,1,2,3,4). The Morgan fingerprint density at radius 3 is 1.50 bits per heavy atom. The summed E-state index contributed by atoms with van der Waals surface area (Å²) in [5, 5.41) is 3.03.